The first-order chi connectivity index (χ1) is 19.2. The van der Waals surface area contributed by atoms with E-state index in [1.807, 2.05) is 0 Å². The van der Waals surface area contributed by atoms with Crippen molar-refractivity contribution in [2.45, 2.75) is 0 Å². The Morgan fingerprint density at radius 1 is 0.513 bits per heavy atom. The molecule has 0 radical (unpaired) electrons. The van der Waals surface area contributed by atoms with E-state index in [-0.39, 0.29) is 0 Å². The van der Waals surface area contributed by atoms with Crippen LogP contribution in [0.3, 0.4) is 0 Å². The quantitative estimate of drug-likeness (QED) is 0.171. The lowest BCUT2D eigenvalue weighted by Crippen LogP contribution is -2.25. The zero-order valence-corrected chi connectivity index (χ0v) is 22.7. The van der Waals surface area contributed by atoms with Gasteiger partial charge in [0.1, 0.15) is 5.65 Å². The summed E-state index contributed by atoms with van der Waals surface area (Å²) >= 11 is 6.90. The molecule has 0 fully saturated rings. The molecule has 0 atom stereocenters. The Morgan fingerprint density at radius 2 is 1.15 bits per heavy atom. The minimum Gasteiger partial charge on any atom is -0.292 e. The fourth-order valence-electron chi connectivity index (χ4n) is 6.11. The third-order valence-electron chi connectivity index (χ3n) is 7.82. The second-order valence-corrected chi connectivity index (χ2v) is 14.3. The zero-order valence-electron chi connectivity index (χ0n) is 21.0. The van der Waals surface area contributed by atoms with E-state index in [0.29, 0.717) is 0 Å². The van der Waals surface area contributed by atoms with Crippen molar-refractivity contribution in [1.29, 1.82) is 0 Å². The first kappa shape index (κ1) is 22.7. The van der Waals surface area contributed by atoms with Gasteiger partial charge in [-0.05, 0) is 45.6 Å². The number of rotatable bonds is 3. The molecule has 8 rings (SSSR count). The van der Waals surface area contributed by atoms with Gasteiger partial charge in [-0.3, -0.25) is 4.40 Å². The van der Waals surface area contributed by atoms with Gasteiger partial charge < -0.3 is 0 Å². The standard InChI is InChI=1S/C35H23N2PS/c39-38(25-13-3-1-4-14-25,26-15-5-2-6-16-26)32-21-11-20-31-34(32)33-27-17-8-7-12-24(27)22-23-28(33)35-36-29-18-9-10-19-30(29)37(31)35/h1-23H. The number of fused-ring (bicyclic) bond motifs is 10. The summed E-state index contributed by atoms with van der Waals surface area (Å²) in [4.78, 5) is 5.15. The molecule has 0 aliphatic rings. The monoisotopic (exact) mass is 534 g/mol. The second kappa shape index (κ2) is 8.61. The third kappa shape index (κ3) is 3.21. The average molecular weight is 535 g/mol. The molecular weight excluding hydrogens is 511 g/mol. The predicted octanol–water partition coefficient (Wildman–Crippen LogP) is 7.70. The molecule has 8 aromatic rings. The molecule has 39 heavy (non-hydrogen) atoms. The van der Waals surface area contributed by atoms with Crippen molar-refractivity contribution < 1.29 is 0 Å². The first-order valence-corrected chi connectivity index (χ1v) is 15.9. The van der Waals surface area contributed by atoms with Gasteiger partial charge in [-0.25, -0.2) is 4.98 Å². The summed E-state index contributed by atoms with van der Waals surface area (Å²) in [6.45, 7) is 0. The molecule has 4 heteroatoms. The van der Waals surface area contributed by atoms with Crippen LogP contribution in [-0.4, -0.2) is 9.38 Å². The summed E-state index contributed by atoms with van der Waals surface area (Å²) in [6.07, 6.45) is 0. The van der Waals surface area contributed by atoms with Crippen molar-refractivity contribution in [2.24, 2.45) is 0 Å². The van der Waals surface area contributed by atoms with Gasteiger partial charge in [0.2, 0.25) is 0 Å². The maximum Gasteiger partial charge on any atom is 0.146 e. The van der Waals surface area contributed by atoms with E-state index in [0.717, 1.165) is 27.6 Å². The maximum absolute atomic E-state index is 6.90. The van der Waals surface area contributed by atoms with Crippen LogP contribution in [0, 0.1) is 0 Å². The van der Waals surface area contributed by atoms with Crippen molar-refractivity contribution in [3.63, 3.8) is 0 Å². The van der Waals surface area contributed by atoms with E-state index in [9.17, 15) is 0 Å². The highest BCUT2D eigenvalue weighted by Gasteiger charge is 2.29. The number of pyridine rings is 1. The molecule has 184 valence electrons. The first-order valence-electron chi connectivity index (χ1n) is 13.1. The highest BCUT2D eigenvalue weighted by Crippen LogP contribution is 2.47. The molecule has 0 amide bonds. The van der Waals surface area contributed by atoms with Crippen molar-refractivity contribution >= 4 is 82.9 Å². The van der Waals surface area contributed by atoms with E-state index in [1.165, 1.54) is 37.5 Å². The number of para-hydroxylation sites is 2. The van der Waals surface area contributed by atoms with Crippen molar-refractivity contribution in [3.8, 4) is 0 Å². The largest absolute Gasteiger partial charge is 0.292 e. The van der Waals surface area contributed by atoms with Crippen LogP contribution in [-0.2, 0) is 11.8 Å². The zero-order chi connectivity index (χ0) is 26.0. The van der Waals surface area contributed by atoms with Gasteiger partial charge in [0.15, 0.2) is 0 Å². The molecule has 2 nitrogen and oxygen atoms in total. The minimum atomic E-state index is -2.42. The molecule has 0 spiro atoms. The Kier molecular flexibility index (Phi) is 5.00. The van der Waals surface area contributed by atoms with Crippen LogP contribution in [0.25, 0.3) is 49.1 Å². The van der Waals surface area contributed by atoms with Crippen molar-refractivity contribution in [1.82, 2.24) is 9.38 Å². The Bertz CT molecular complexity index is 2210. The van der Waals surface area contributed by atoms with Gasteiger partial charge in [0, 0.05) is 27.5 Å². The molecule has 0 unspecified atom stereocenters. The van der Waals surface area contributed by atoms with Gasteiger partial charge in [-0.1, -0.05) is 127 Å². The van der Waals surface area contributed by atoms with Crippen LogP contribution in [0.4, 0.5) is 0 Å². The van der Waals surface area contributed by atoms with Crippen LogP contribution < -0.4 is 15.9 Å². The Balaban J connectivity index is 1.68. The number of hydrogen-bond acceptors (Lipinski definition) is 2. The number of benzene rings is 6. The summed E-state index contributed by atoms with van der Waals surface area (Å²) in [5, 5.41) is 9.64. The fourth-order valence-corrected chi connectivity index (χ4v) is 10.2. The van der Waals surface area contributed by atoms with Gasteiger partial charge >= 0.3 is 0 Å². The van der Waals surface area contributed by atoms with Crippen LogP contribution in [0.15, 0.2) is 140 Å². The molecule has 0 aliphatic heterocycles. The van der Waals surface area contributed by atoms with E-state index in [4.69, 9.17) is 16.8 Å². The van der Waals surface area contributed by atoms with Crippen molar-refractivity contribution in [2.75, 3.05) is 0 Å². The van der Waals surface area contributed by atoms with Crippen LogP contribution >= 0.6 is 6.04 Å². The van der Waals surface area contributed by atoms with Gasteiger partial charge in [0.05, 0.1) is 16.6 Å². The summed E-state index contributed by atoms with van der Waals surface area (Å²) in [5.41, 5.74) is 4.23. The molecule has 0 bridgehead atoms. The molecular formula is C35H23N2PS. The maximum atomic E-state index is 6.90. The predicted molar refractivity (Wildman–Crippen MR) is 171 cm³/mol. The van der Waals surface area contributed by atoms with E-state index < -0.39 is 6.04 Å². The summed E-state index contributed by atoms with van der Waals surface area (Å²) in [6, 6.07) is 47.2. The Morgan fingerprint density at radius 3 is 1.92 bits per heavy atom. The van der Waals surface area contributed by atoms with Crippen molar-refractivity contribution in [3.05, 3.63) is 140 Å². The minimum absolute atomic E-state index is 0.981. The molecule has 0 aliphatic carbocycles. The smallest absolute Gasteiger partial charge is 0.146 e. The van der Waals surface area contributed by atoms with E-state index in [1.54, 1.807) is 0 Å². The highest BCUT2D eigenvalue weighted by atomic mass is 32.4. The number of hydrogen-bond donors (Lipinski definition) is 0. The lowest BCUT2D eigenvalue weighted by atomic mass is 9.99. The summed E-state index contributed by atoms with van der Waals surface area (Å²) in [7, 11) is 0. The SMILES string of the molecule is S=P(c1ccccc1)(c1ccccc1)c1cccc2c1c1c3ccccc3ccc1c1nc3ccccc3n21. The Labute approximate surface area is 231 Å². The van der Waals surface area contributed by atoms with Crippen LogP contribution in [0.5, 0.6) is 0 Å². The fraction of sp³-hybridized carbons (Fsp3) is 0. The van der Waals surface area contributed by atoms with E-state index in [2.05, 4.69) is 144 Å². The van der Waals surface area contributed by atoms with Crippen LogP contribution in [0.1, 0.15) is 0 Å². The highest BCUT2D eigenvalue weighted by molar-refractivity contribution is 8.25. The summed E-state index contributed by atoms with van der Waals surface area (Å²) < 4.78 is 2.33. The lowest BCUT2D eigenvalue weighted by Gasteiger charge is -2.26. The van der Waals surface area contributed by atoms with Gasteiger partial charge in [-0.2, -0.15) is 0 Å². The molecule has 0 N–H and O–H groups in total. The molecule has 2 heterocycles. The van der Waals surface area contributed by atoms with E-state index >= 15 is 0 Å². The molecule has 0 saturated carbocycles. The van der Waals surface area contributed by atoms with Gasteiger partial charge in [-0.15, -0.1) is 0 Å². The number of nitrogens with zero attached hydrogens (tertiary/aromatic N) is 2. The average Bonchev–Trinajstić information content (AvgIpc) is 3.41. The second-order valence-electron chi connectivity index (χ2n) is 9.92. The molecule has 6 aromatic carbocycles. The molecule has 2 aromatic heterocycles. The Hall–Kier alpha value is -4.30. The number of aromatic nitrogens is 2. The number of imidazole rings is 1. The van der Waals surface area contributed by atoms with Gasteiger partial charge in [0.25, 0.3) is 0 Å². The molecule has 0 saturated heterocycles. The third-order valence-corrected chi connectivity index (χ3v) is 12.8. The topological polar surface area (TPSA) is 17.3 Å². The lowest BCUT2D eigenvalue weighted by molar-refractivity contribution is 1.32. The normalized spacial score (nSPS) is 12.2. The van der Waals surface area contributed by atoms with Crippen LogP contribution in [0.2, 0.25) is 0 Å². The summed E-state index contributed by atoms with van der Waals surface area (Å²) in [5.74, 6) is 0.